The van der Waals surface area contributed by atoms with Crippen LogP contribution in [0.4, 0.5) is 5.13 Å². The van der Waals surface area contributed by atoms with Crippen molar-refractivity contribution in [2.24, 2.45) is 5.73 Å². The van der Waals surface area contributed by atoms with Gasteiger partial charge in [0.2, 0.25) is 5.91 Å². The molecule has 0 unspecified atom stereocenters. The number of hydrogen-bond acceptors (Lipinski definition) is 6. The van der Waals surface area contributed by atoms with E-state index in [1.54, 1.807) is 24.3 Å². The molecule has 8 heteroatoms. The number of thiazole rings is 1. The van der Waals surface area contributed by atoms with E-state index in [9.17, 15) is 14.4 Å². The number of benzene rings is 2. The fourth-order valence-electron chi connectivity index (χ4n) is 3.43. The molecule has 35 heavy (non-hydrogen) atoms. The monoisotopic (exact) mass is 490 g/mol. The van der Waals surface area contributed by atoms with Gasteiger partial charge >= 0.3 is 0 Å². The van der Waals surface area contributed by atoms with Crippen LogP contribution in [0, 0.1) is 0 Å². The Balaban J connectivity index is 1.63. The summed E-state index contributed by atoms with van der Waals surface area (Å²) in [6.45, 7) is 7.71. The largest absolute Gasteiger partial charge is 0.343 e. The van der Waals surface area contributed by atoms with Gasteiger partial charge in [0.1, 0.15) is 0 Å². The number of nitrogens with one attached hydrogen (secondary N) is 2. The second kappa shape index (κ2) is 11.2. The molecule has 0 spiro atoms. The van der Waals surface area contributed by atoms with Gasteiger partial charge in [-0.1, -0.05) is 50.3 Å². The first kappa shape index (κ1) is 26.0. The number of ketones is 1. The summed E-state index contributed by atoms with van der Waals surface area (Å²) < 4.78 is 0. The number of carbonyl (C=O) groups excluding carboxylic acids is 3. The molecule has 0 saturated carbocycles. The molecule has 0 aliphatic heterocycles. The normalized spacial score (nSPS) is 11.5. The lowest BCUT2D eigenvalue weighted by Gasteiger charge is -2.23. The second-order valence-electron chi connectivity index (χ2n) is 8.80. The summed E-state index contributed by atoms with van der Waals surface area (Å²) in [5.41, 5.74) is 9.91. The maximum Gasteiger partial charge on any atom is 0.251 e. The van der Waals surface area contributed by atoms with E-state index in [0.29, 0.717) is 28.5 Å². The molecular weight excluding hydrogens is 460 g/mol. The molecule has 0 atom stereocenters. The Morgan fingerprint density at radius 3 is 2.60 bits per heavy atom. The lowest BCUT2D eigenvalue weighted by Crippen LogP contribution is -2.33. The van der Waals surface area contributed by atoms with Gasteiger partial charge in [0, 0.05) is 34.0 Å². The van der Waals surface area contributed by atoms with Gasteiger partial charge in [-0.3, -0.25) is 14.4 Å². The number of anilines is 1. The molecular formula is C27H30N4O3S. The summed E-state index contributed by atoms with van der Waals surface area (Å²) in [4.78, 5) is 41.5. The Morgan fingerprint density at radius 1 is 1.14 bits per heavy atom. The van der Waals surface area contributed by atoms with Crippen LogP contribution < -0.4 is 16.4 Å². The Labute approximate surface area is 209 Å². The van der Waals surface area contributed by atoms with E-state index in [0.717, 1.165) is 16.7 Å². The van der Waals surface area contributed by atoms with Gasteiger partial charge in [-0.25, -0.2) is 4.98 Å². The molecule has 0 fully saturated rings. The Morgan fingerprint density at radius 2 is 1.91 bits per heavy atom. The molecule has 3 aromatic rings. The van der Waals surface area contributed by atoms with Crippen LogP contribution in [0.3, 0.4) is 0 Å². The first-order valence-corrected chi connectivity index (χ1v) is 12.1. The van der Waals surface area contributed by atoms with Crippen LogP contribution in [0.25, 0.3) is 17.3 Å². The minimum absolute atomic E-state index is 0.0309. The molecule has 182 valence electrons. The highest BCUT2D eigenvalue weighted by Crippen LogP contribution is 2.27. The van der Waals surface area contributed by atoms with Crippen molar-refractivity contribution in [2.45, 2.75) is 33.1 Å². The zero-order valence-electron chi connectivity index (χ0n) is 20.3. The average Bonchev–Trinajstić information content (AvgIpc) is 3.31. The van der Waals surface area contributed by atoms with Crippen molar-refractivity contribution in [3.8, 4) is 11.3 Å². The number of hydrogen-bond donors (Lipinski definition) is 3. The van der Waals surface area contributed by atoms with E-state index in [1.807, 2.05) is 56.5 Å². The van der Waals surface area contributed by atoms with Gasteiger partial charge < -0.3 is 16.4 Å². The first-order chi connectivity index (χ1) is 16.6. The van der Waals surface area contributed by atoms with Crippen LogP contribution >= 0.6 is 11.3 Å². The number of rotatable bonds is 9. The standard InChI is InChI=1S/C27H30N4O3S/c1-5-7-18-10-11-19(13-22(18)17(2)32)23-15-35-26(30-23)31-24(33)14-29-25(34)20-8-6-9-21(12-20)27(3,4)16-28/h5-13,15H,14,16,28H2,1-4H3,(H,29,34)(H,30,31,33)/b7-5-. The quantitative estimate of drug-likeness (QED) is 0.378. The predicted octanol–water partition coefficient (Wildman–Crippen LogP) is 4.65. The van der Waals surface area contributed by atoms with E-state index in [2.05, 4.69) is 15.6 Å². The highest BCUT2D eigenvalue weighted by molar-refractivity contribution is 7.14. The van der Waals surface area contributed by atoms with Gasteiger partial charge in [0.05, 0.1) is 12.2 Å². The van der Waals surface area contributed by atoms with Crippen LogP contribution in [0.2, 0.25) is 0 Å². The number of aromatic nitrogens is 1. The Kier molecular flexibility index (Phi) is 8.32. The highest BCUT2D eigenvalue weighted by Gasteiger charge is 2.20. The van der Waals surface area contributed by atoms with Gasteiger partial charge in [0.15, 0.2) is 10.9 Å². The van der Waals surface area contributed by atoms with E-state index < -0.39 is 0 Å². The third kappa shape index (κ3) is 6.49. The lowest BCUT2D eigenvalue weighted by atomic mass is 9.84. The van der Waals surface area contributed by atoms with Crippen molar-refractivity contribution < 1.29 is 14.4 Å². The van der Waals surface area contributed by atoms with Crippen LogP contribution in [0.5, 0.6) is 0 Å². The molecule has 0 bridgehead atoms. The Hall–Kier alpha value is -3.62. The van der Waals surface area contributed by atoms with E-state index in [1.165, 1.54) is 18.3 Å². The van der Waals surface area contributed by atoms with Crippen molar-refractivity contribution >= 4 is 40.1 Å². The SMILES string of the molecule is C/C=C\c1ccc(-c2csc(NC(=O)CNC(=O)c3cccc(C(C)(C)CN)c3)n2)cc1C(C)=O. The van der Waals surface area contributed by atoms with E-state index in [4.69, 9.17) is 5.73 Å². The topological polar surface area (TPSA) is 114 Å². The van der Waals surface area contributed by atoms with Crippen LogP contribution in [0.1, 0.15) is 59.5 Å². The number of allylic oxidation sites excluding steroid dienone is 1. The zero-order valence-corrected chi connectivity index (χ0v) is 21.2. The minimum atomic E-state index is -0.384. The molecule has 0 saturated heterocycles. The van der Waals surface area contributed by atoms with Gasteiger partial charge in [-0.15, -0.1) is 11.3 Å². The number of carbonyl (C=O) groups is 3. The van der Waals surface area contributed by atoms with Crippen LogP contribution in [-0.2, 0) is 10.2 Å². The molecule has 7 nitrogen and oxygen atoms in total. The molecule has 0 radical (unpaired) electrons. The summed E-state index contributed by atoms with van der Waals surface area (Å²) in [6, 6.07) is 12.8. The molecule has 3 rings (SSSR count). The molecule has 2 amide bonds. The van der Waals surface area contributed by atoms with Crippen LogP contribution in [0.15, 0.2) is 53.9 Å². The summed E-state index contributed by atoms with van der Waals surface area (Å²) >= 11 is 1.27. The van der Waals surface area contributed by atoms with Crippen molar-refractivity contribution in [1.82, 2.24) is 10.3 Å². The second-order valence-corrected chi connectivity index (χ2v) is 9.65. The number of Topliss-reactive ketones (excluding diaryl/α,β-unsaturated/α-hetero) is 1. The van der Waals surface area contributed by atoms with Gasteiger partial charge in [-0.05, 0) is 43.2 Å². The van der Waals surface area contributed by atoms with Gasteiger partial charge in [0.25, 0.3) is 5.91 Å². The number of nitrogens with two attached hydrogens (primary N) is 1. The summed E-state index contributed by atoms with van der Waals surface area (Å²) in [6.07, 6.45) is 3.77. The van der Waals surface area contributed by atoms with Crippen molar-refractivity contribution in [3.63, 3.8) is 0 Å². The molecule has 2 aromatic carbocycles. The smallest absolute Gasteiger partial charge is 0.251 e. The maximum atomic E-state index is 12.6. The van der Waals surface area contributed by atoms with Crippen LogP contribution in [-0.4, -0.2) is 35.7 Å². The van der Waals surface area contributed by atoms with Crippen molar-refractivity contribution in [1.29, 1.82) is 0 Å². The first-order valence-electron chi connectivity index (χ1n) is 11.3. The van der Waals surface area contributed by atoms with E-state index in [-0.39, 0.29) is 29.6 Å². The fraction of sp³-hybridized carbons (Fsp3) is 0.259. The van der Waals surface area contributed by atoms with Gasteiger partial charge in [-0.2, -0.15) is 0 Å². The Bertz CT molecular complexity index is 1280. The van der Waals surface area contributed by atoms with Crippen molar-refractivity contribution in [2.75, 3.05) is 18.4 Å². The molecule has 1 heterocycles. The molecule has 1 aromatic heterocycles. The third-order valence-electron chi connectivity index (χ3n) is 5.65. The minimum Gasteiger partial charge on any atom is -0.343 e. The maximum absolute atomic E-state index is 12.6. The molecule has 4 N–H and O–H groups in total. The fourth-order valence-corrected chi connectivity index (χ4v) is 4.17. The summed E-state index contributed by atoms with van der Waals surface area (Å²) in [7, 11) is 0. The zero-order chi connectivity index (χ0) is 25.6. The molecule has 0 aliphatic carbocycles. The lowest BCUT2D eigenvalue weighted by molar-refractivity contribution is -0.115. The third-order valence-corrected chi connectivity index (χ3v) is 6.41. The highest BCUT2D eigenvalue weighted by atomic mass is 32.1. The average molecular weight is 491 g/mol. The summed E-state index contributed by atoms with van der Waals surface area (Å²) in [5.74, 6) is -0.755. The number of amides is 2. The predicted molar refractivity (Wildman–Crippen MR) is 142 cm³/mol. The van der Waals surface area contributed by atoms with Crippen molar-refractivity contribution in [3.05, 3.63) is 76.2 Å². The number of nitrogens with zero attached hydrogens (tertiary/aromatic N) is 1. The summed E-state index contributed by atoms with van der Waals surface area (Å²) in [5, 5.41) is 7.58. The van der Waals surface area contributed by atoms with E-state index >= 15 is 0 Å². The molecule has 0 aliphatic rings.